The van der Waals surface area contributed by atoms with E-state index < -0.39 is 0 Å². The highest BCUT2D eigenvalue weighted by molar-refractivity contribution is 5.42. The lowest BCUT2D eigenvalue weighted by atomic mass is 10.3. The third kappa shape index (κ3) is 2.49. The van der Waals surface area contributed by atoms with Gasteiger partial charge in [0, 0.05) is 25.1 Å². The van der Waals surface area contributed by atoms with Crippen LogP contribution < -0.4 is 4.90 Å². The van der Waals surface area contributed by atoms with Crippen LogP contribution in [0, 0.1) is 0 Å². The average Bonchev–Trinajstić information content (AvgIpc) is 2.76. The number of anilines is 1. The Bertz CT molecular complexity index is 321. The van der Waals surface area contributed by atoms with Crippen LogP contribution >= 0.6 is 0 Å². The van der Waals surface area contributed by atoms with Gasteiger partial charge in [0.05, 0.1) is 6.67 Å². The van der Waals surface area contributed by atoms with Gasteiger partial charge in [-0.3, -0.25) is 0 Å². The van der Waals surface area contributed by atoms with Crippen LogP contribution in [-0.4, -0.2) is 23.1 Å². The zero-order valence-electron chi connectivity index (χ0n) is 9.13. The summed E-state index contributed by atoms with van der Waals surface area (Å²) in [6.07, 6.45) is 8.56. The lowest BCUT2D eigenvalue weighted by Gasteiger charge is -2.20. The van der Waals surface area contributed by atoms with Gasteiger partial charge in [0.1, 0.15) is 5.82 Å². The topological polar surface area (TPSA) is 19.4 Å². The standard InChI is InChI=1S/C12H17N3/c1-2-3-8-14-9-10-15(11-14)12-6-4-5-7-13-12/h4-7,9-10H,2-3,8,11H2,1H3. The molecule has 1 aromatic heterocycles. The molecule has 0 amide bonds. The van der Waals surface area contributed by atoms with Crippen molar-refractivity contribution in [3.8, 4) is 0 Å². The summed E-state index contributed by atoms with van der Waals surface area (Å²) < 4.78 is 0. The van der Waals surface area contributed by atoms with Crippen LogP contribution in [0.5, 0.6) is 0 Å². The summed E-state index contributed by atoms with van der Waals surface area (Å²) in [5.74, 6) is 1.02. The molecule has 0 aliphatic carbocycles. The van der Waals surface area contributed by atoms with E-state index in [1.165, 1.54) is 12.8 Å². The second kappa shape index (κ2) is 4.82. The summed E-state index contributed by atoms with van der Waals surface area (Å²) in [5.41, 5.74) is 0. The van der Waals surface area contributed by atoms with Crippen molar-refractivity contribution in [3.05, 3.63) is 36.8 Å². The van der Waals surface area contributed by atoms with Crippen LogP contribution in [0.2, 0.25) is 0 Å². The molecule has 1 aliphatic heterocycles. The van der Waals surface area contributed by atoms with E-state index in [0.717, 1.165) is 19.0 Å². The van der Waals surface area contributed by atoms with Crippen molar-refractivity contribution in [2.24, 2.45) is 0 Å². The molecule has 1 aliphatic rings. The van der Waals surface area contributed by atoms with Gasteiger partial charge in [-0.15, -0.1) is 0 Å². The Morgan fingerprint density at radius 2 is 2.27 bits per heavy atom. The Morgan fingerprint density at radius 1 is 1.33 bits per heavy atom. The van der Waals surface area contributed by atoms with Crippen molar-refractivity contribution in [1.29, 1.82) is 0 Å². The minimum atomic E-state index is 0.928. The molecule has 15 heavy (non-hydrogen) atoms. The van der Waals surface area contributed by atoms with Gasteiger partial charge in [-0.05, 0) is 18.6 Å². The van der Waals surface area contributed by atoms with E-state index in [4.69, 9.17) is 0 Å². The Kier molecular flexibility index (Phi) is 3.22. The SMILES string of the molecule is CCCCN1C=CN(c2ccccn2)C1. The molecule has 0 bridgehead atoms. The van der Waals surface area contributed by atoms with E-state index >= 15 is 0 Å². The molecule has 0 atom stereocenters. The molecule has 0 saturated carbocycles. The fourth-order valence-corrected chi connectivity index (χ4v) is 1.64. The molecule has 0 aromatic carbocycles. The minimum absolute atomic E-state index is 0.928. The number of aromatic nitrogens is 1. The zero-order chi connectivity index (χ0) is 10.5. The Hall–Kier alpha value is -1.51. The van der Waals surface area contributed by atoms with Crippen molar-refractivity contribution >= 4 is 5.82 Å². The van der Waals surface area contributed by atoms with Crippen LogP contribution in [0.1, 0.15) is 19.8 Å². The second-order valence-corrected chi connectivity index (χ2v) is 3.76. The summed E-state index contributed by atoms with van der Waals surface area (Å²) in [5, 5.41) is 0. The van der Waals surface area contributed by atoms with Crippen molar-refractivity contribution in [2.75, 3.05) is 18.1 Å². The van der Waals surface area contributed by atoms with E-state index in [9.17, 15) is 0 Å². The molecule has 2 heterocycles. The largest absolute Gasteiger partial charge is 0.358 e. The lowest BCUT2D eigenvalue weighted by Crippen LogP contribution is -2.26. The third-order valence-electron chi connectivity index (χ3n) is 2.53. The number of pyridine rings is 1. The Balaban J connectivity index is 1.91. The predicted octanol–water partition coefficient (Wildman–Crippen LogP) is 2.43. The molecular formula is C12H17N3. The van der Waals surface area contributed by atoms with Crippen molar-refractivity contribution in [2.45, 2.75) is 19.8 Å². The average molecular weight is 203 g/mol. The molecule has 0 N–H and O–H groups in total. The molecule has 80 valence electrons. The van der Waals surface area contributed by atoms with Crippen LogP contribution in [0.3, 0.4) is 0 Å². The van der Waals surface area contributed by atoms with Crippen LogP contribution in [0.4, 0.5) is 5.82 Å². The summed E-state index contributed by atoms with van der Waals surface area (Å²) >= 11 is 0. The Labute approximate surface area is 91.0 Å². The first-order valence-electron chi connectivity index (χ1n) is 5.50. The van der Waals surface area contributed by atoms with E-state index in [-0.39, 0.29) is 0 Å². The minimum Gasteiger partial charge on any atom is -0.358 e. The zero-order valence-corrected chi connectivity index (χ0v) is 9.13. The molecule has 0 fully saturated rings. The normalized spacial score (nSPS) is 15.0. The van der Waals surface area contributed by atoms with Gasteiger partial charge < -0.3 is 9.80 Å². The van der Waals surface area contributed by atoms with Crippen molar-refractivity contribution < 1.29 is 0 Å². The van der Waals surface area contributed by atoms with E-state index in [1.54, 1.807) is 0 Å². The van der Waals surface area contributed by atoms with Crippen LogP contribution in [0.25, 0.3) is 0 Å². The van der Waals surface area contributed by atoms with Crippen molar-refractivity contribution in [3.63, 3.8) is 0 Å². The molecule has 0 spiro atoms. The van der Waals surface area contributed by atoms with E-state index in [2.05, 4.69) is 34.1 Å². The summed E-state index contributed by atoms with van der Waals surface area (Å²) in [7, 11) is 0. The fraction of sp³-hybridized carbons (Fsp3) is 0.417. The molecule has 0 saturated heterocycles. The third-order valence-corrected chi connectivity index (χ3v) is 2.53. The van der Waals surface area contributed by atoms with E-state index in [0.29, 0.717) is 0 Å². The van der Waals surface area contributed by atoms with Gasteiger partial charge in [0.15, 0.2) is 0 Å². The summed E-state index contributed by atoms with van der Waals surface area (Å²) in [4.78, 5) is 8.80. The quantitative estimate of drug-likeness (QED) is 0.749. The molecular weight excluding hydrogens is 186 g/mol. The highest BCUT2D eigenvalue weighted by Crippen LogP contribution is 2.15. The first-order valence-corrected chi connectivity index (χ1v) is 5.50. The highest BCUT2D eigenvalue weighted by Gasteiger charge is 2.13. The monoisotopic (exact) mass is 203 g/mol. The van der Waals surface area contributed by atoms with Gasteiger partial charge in [0.2, 0.25) is 0 Å². The van der Waals surface area contributed by atoms with Crippen molar-refractivity contribution in [1.82, 2.24) is 9.88 Å². The summed E-state index contributed by atoms with van der Waals surface area (Å²) in [6, 6.07) is 6.00. The molecule has 3 heteroatoms. The van der Waals surface area contributed by atoms with E-state index in [1.807, 2.05) is 24.4 Å². The fourth-order valence-electron chi connectivity index (χ4n) is 1.64. The van der Waals surface area contributed by atoms with Crippen LogP contribution in [0.15, 0.2) is 36.8 Å². The first kappa shape index (κ1) is 10.0. The van der Waals surface area contributed by atoms with Crippen LogP contribution in [-0.2, 0) is 0 Å². The smallest absolute Gasteiger partial charge is 0.133 e. The van der Waals surface area contributed by atoms with Gasteiger partial charge >= 0.3 is 0 Å². The molecule has 0 radical (unpaired) electrons. The molecule has 1 aromatic rings. The lowest BCUT2D eigenvalue weighted by molar-refractivity contribution is 0.395. The van der Waals surface area contributed by atoms with Gasteiger partial charge in [-0.1, -0.05) is 19.4 Å². The van der Waals surface area contributed by atoms with Gasteiger partial charge in [0.25, 0.3) is 0 Å². The summed E-state index contributed by atoms with van der Waals surface area (Å²) in [6.45, 7) is 4.28. The number of hydrogen-bond donors (Lipinski definition) is 0. The maximum absolute atomic E-state index is 4.32. The highest BCUT2D eigenvalue weighted by atomic mass is 15.4. The molecule has 3 nitrogen and oxygen atoms in total. The van der Waals surface area contributed by atoms with Gasteiger partial charge in [-0.2, -0.15) is 0 Å². The Morgan fingerprint density at radius 3 is 3.00 bits per heavy atom. The number of hydrogen-bond acceptors (Lipinski definition) is 3. The van der Waals surface area contributed by atoms with Gasteiger partial charge in [-0.25, -0.2) is 4.98 Å². The maximum Gasteiger partial charge on any atom is 0.133 e. The maximum atomic E-state index is 4.32. The molecule has 0 unspecified atom stereocenters. The number of unbranched alkanes of at least 4 members (excludes halogenated alkanes) is 1. The number of rotatable bonds is 4. The first-order chi connectivity index (χ1) is 7.40. The second-order valence-electron chi connectivity index (χ2n) is 3.76. The molecule has 2 rings (SSSR count). The predicted molar refractivity (Wildman–Crippen MR) is 62.3 cm³/mol. The number of nitrogens with zero attached hydrogens (tertiary/aromatic N) is 3.